The minimum Gasteiger partial charge on any atom is -0.456 e. The van der Waals surface area contributed by atoms with E-state index in [4.69, 9.17) is 23.8 Å². The monoisotopic (exact) mass is 919 g/mol. The van der Waals surface area contributed by atoms with E-state index in [2.05, 4.69) is 191 Å². The van der Waals surface area contributed by atoms with Crippen LogP contribution in [0.4, 0.5) is 0 Å². The summed E-state index contributed by atoms with van der Waals surface area (Å²) in [4.78, 5) is 16.6. The highest BCUT2D eigenvalue weighted by Gasteiger charge is 2.25. The highest BCUT2D eigenvalue weighted by molar-refractivity contribution is 6.19. The molecule has 0 fully saturated rings. The maximum atomic E-state index is 6.98. The van der Waals surface area contributed by atoms with Crippen LogP contribution in [0.15, 0.2) is 233 Å². The zero-order valence-corrected chi connectivity index (χ0v) is 38.4. The molecule has 0 unspecified atom stereocenters. The average molecular weight is 920 g/mol. The number of benzene rings is 11. The third-order valence-corrected chi connectivity index (χ3v) is 14.7. The quantitative estimate of drug-likeness (QED) is 0.172. The van der Waals surface area contributed by atoms with Crippen molar-refractivity contribution in [3.8, 4) is 45.5 Å². The maximum absolute atomic E-state index is 6.98. The molecule has 0 atom stereocenters. The molecule has 0 aliphatic rings. The Morgan fingerprint density at radius 2 is 0.833 bits per heavy atom. The minimum atomic E-state index is 0.536. The topological polar surface area (TPSA) is 74.8 Å². The number of rotatable bonds is 5. The second kappa shape index (κ2) is 14.8. The molecule has 5 heterocycles. The Hall–Kier alpha value is -9.85. The van der Waals surface area contributed by atoms with Crippen LogP contribution in [0.25, 0.3) is 155 Å². The molecule has 16 aromatic rings. The normalized spacial score (nSPS) is 12.2. The highest BCUT2D eigenvalue weighted by atomic mass is 16.3. The number of nitrogens with zero attached hydrogens (tertiary/aromatic N) is 5. The number of hydrogen-bond donors (Lipinski definition) is 0. The van der Waals surface area contributed by atoms with E-state index in [0.29, 0.717) is 17.5 Å². The van der Waals surface area contributed by atoms with Crippen LogP contribution in [0.2, 0.25) is 0 Å². The number of hydrogen-bond acceptors (Lipinski definition) is 5. The summed E-state index contributed by atoms with van der Waals surface area (Å²) in [5, 5.41) is 13.1. The zero-order valence-electron chi connectivity index (χ0n) is 38.4. The zero-order chi connectivity index (χ0) is 47.0. The Balaban J connectivity index is 1.03. The van der Waals surface area contributed by atoms with Gasteiger partial charge >= 0.3 is 0 Å². The van der Waals surface area contributed by atoms with Gasteiger partial charge in [0, 0.05) is 65.5 Å². The lowest BCUT2D eigenvalue weighted by Gasteiger charge is -2.14. The first kappa shape index (κ1) is 39.0. The number of para-hydroxylation sites is 4. The predicted octanol–water partition coefficient (Wildman–Crippen LogP) is 17.2. The van der Waals surface area contributed by atoms with E-state index in [1.807, 2.05) is 42.5 Å². The molecule has 0 bridgehead atoms. The molecule has 0 saturated heterocycles. The van der Waals surface area contributed by atoms with Crippen molar-refractivity contribution in [1.29, 1.82) is 0 Å². The molecular formula is C65H37N5O2. The van der Waals surface area contributed by atoms with Crippen molar-refractivity contribution in [2.45, 2.75) is 0 Å². The number of furan rings is 2. The van der Waals surface area contributed by atoms with Crippen molar-refractivity contribution in [2.24, 2.45) is 0 Å². The van der Waals surface area contributed by atoms with E-state index in [1.165, 1.54) is 10.8 Å². The fraction of sp³-hybridized carbons (Fsp3) is 0. The molecule has 334 valence electrons. The van der Waals surface area contributed by atoms with E-state index in [9.17, 15) is 0 Å². The van der Waals surface area contributed by atoms with Crippen molar-refractivity contribution < 1.29 is 8.83 Å². The van der Waals surface area contributed by atoms with Gasteiger partial charge in [-0.2, -0.15) is 0 Å². The first-order chi connectivity index (χ1) is 35.7. The third kappa shape index (κ3) is 5.64. The Kier molecular flexibility index (Phi) is 8.04. The standard InChI is InChI=1S/C65H37N5O2/c1-2-20-43(21-3-1)69-52-27-11-8-23-45(52)60-47(25-14-28-53(60)69)64-66-63(67-65(68-64)48-26-15-31-59-61(48)46-24-10-13-30-58(46)71-59)42-34-51-44-22-9-12-29-57(44)72-62(51)56(37-42)70-54-35-40-18-6-4-16-38(40)32-49(54)50-33-39-17-5-7-19-41(39)36-55(50)70/h1-37H. The Morgan fingerprint density at radius 3 is 1.54 bits per heavy atom. The molecule has 7 heteroatoms. The largest absolute Gasteiger partial charge is 0.456 e. The average Bonchev–Trinajstić information content (AvgIpc) is 4.19. The summed E-state index contributed by atoms with van der Waals surface area (Å²) in [6.45, 7) is 0. The number of aromatic nitrogens is 5. The maximum Gasteiger partial charge on any atom is 0.164 e. The van der Waals surface area contributed by atoms with E-state index in [-0.39, 0.29) is 0 Å². The molecule has 0 aliphatic carbocycles. The first-order valence-electron chi connectivity index (χ1n) is 24.2. The molecule has 5 aromatic heterocycles. The molecular weight excluding hydrogens is 883 g/mol. The van der Waals surface area contributed by atoms with Crippen molar-refractivity contribution in [3.63, 3.8) is 0 Å². The Labute approximate surface area is 410 Å². The van der Waals surface area contributed by atoms with Gasteiger partial charge in [-0.1, -0.05) is 146 Å². The van der Waals surface area contributed by atoms with Crippen LogP contribution in [0, 0.1) is 0 Å². The minimum absolute atomic E-state index is 0.536. The van der Waals surface area contributed by atoms with E-state index >= 15 is 0 Å². The van der Waals surface area contributed by atoms with Crippen molar-refractivity contribution in [1.82, 2.24) is 24.1 Å². The number of fused-ring (bicyclic) bond motifs is 14. The molecule has 0 saturated carbocycles. The fourth-order valence-electron chi connectivity index (χ4n) is 11.5. The summed E-state index contributed by atoms with van der Waals surface area (Å²) in [6.07, 6.45) is 0. The molecule has 11 aromatic carbocycles. The van der Waals surface area contributed by atoms with Gasteiger partial charge in [-0.05, 0) is 100 Å². The fourth-order valence-corrected chi connectivity index (χ4v) is 11.5. The van der Waals surface area contributed by atoms with Crippen LogP contribution in [-0.2, 0) is 0 Å². The summed E-state index contributed by atoms with van der Waals surface area (Å²) in [5.74, 6) is 1.65. The molecule has 7 nitrogen and oxygen atoms in total. The van der Waals surface area contributed by atoms with Gasteiger partial charge in [-0.15, -0.1) is 0 Å². The van der Waals surface area contributed by atoms with Gasteiger partial charge in [-0.25, -0.2) is 15.0 Å². The molecule has 16 rings (SSSR count). The predicted molar refractivity (Wildman–Crippen MR) is 294 cm³/mol. The van der Waals surface area contributed by atoms with Crippen LogP contribution in [0.3, 0.4) is 0 Å². The molecule has 0 spiro atoms. The van der Waals surface area contributed by atoms with Crippen LogP contribution >= 0.6 is 0 Å². The second-order valence-corrected chi connectivity index (χ2v) is 18.7. The summed E-state index contributed by atoms with van der Waals surface area (Å²) in [5.41, 5.74) is 12.0. The van der Waals surface area contributed by atoms with Gasteiger partial charge in [0.2, 0.25) is 0 Å². The van der Waals surface area contributed by atoms with Crippen molar-refractivity contribution >= 4 is 109 Å². The molecule has 0 radical (unpaired) electrons. The lowest BCUT2D eigenvalue weighted by Crippen LogP contribution is -2.02. The van der Waals surface area contributed by atoms with E-state index in [0.717, 1.165) is 126 Å². The van der Waals surface area contributed by atoms with Crippen LogP contribution in [-0.4, -0.2) is 24.1 Å². The summed E-state index contributed by atoms with van der Waals surface area (Å²) in [7, 11) is 0. The van der Waals surface area contributed by atoms with Gasteiger partial charge < -0.3 is 18.0 Å². The Bertz CT molecular complexity index is 4850. The molecule has 0 aliphatic heterocycles. The summed E-state index contributed by atoms with van der Waals surface area (Å²) >= 11 is 0. The summed E-state index contributed by atoms with van der Waals surface area (Å²) < 4.78 is 18.2. The van der Waals surface area contributed by atoms with Crippen LogP contribution < -0.4 is 0 Å². The first-order valence-corrected chi connectivity index (χ1v) is 24.2. The SMILES string of the molecule is c1ccc(-n2c3ccccc3c3c(-c4nc(-c5cc(-n6c7cc8ccccc8cc7c7cc8ccccc8cc76)c6oc7ccccc7c6c5)nc(-c5cccc6oc7ccccc7c56)n4)cccc32)cc1. The Morgan fingerprint density at radius 1 is 0.306 bits per heavy atom. The van der Waals surface area contributed by atoms with Crippen LogP contribution in [0.1, 0.15) is 0 Å². The smallest absolute Gasteiger partial charge is 0.164 e. The third-order valence-electron chi connectivity index (χ3n) is 14.7. The molecule has 0 amide bonds. The van der Waals surface area contributed by atoms with E-state index < -0.39 is 0 Å². The van der Waals surface area contributed by atoms with Gasteiger partial charge in [0.15, 0.2) is 23.1 Å². The second-order valence-electron chi connectivity index (χ2n) is 18.7. The van der Waals surface area contributed by atoms with Gasteiger partial charge in [0.1, 0.15) is 16.7 Å². The van der Waals surface area contributed by atoms with Crippen LogP contribution in [0.5, 0.6) is 0 Å². The lowest BCUT2D eigenvalue weighted by atomic mass is 10.0. The molecule has 72 heavy (non-hydrogen) atoms. The summed E-state index contributed by atoms with van der Waals surface area (Å²) in [6, 6.07) is 79.1. The van der Waals surface area contributed by atoms with Gasteiger partial charge in [0.05, 0.1) is 27.8 Å². The van der Waals surface area contributed by atoms with Gasteiger partial charge in [-0.3, -0.25) is 0 Å². The van der Waals surface area contributed by atoms with Gasteiger partial charge in [0.25, 0.3) is 0 Å². The van der Waals surface area contributed by atoms with E-state index in [1.54, 1.807) is 0 Å². The molecule has 0 N–H and O–H groups in total. The lowest BCUT2D eigenvalue weighted by molar-refractivity contribution is 0.666. The highest BCUT2D eigenvalue weighted by Crippen LogP contribution is 2.44. The van der Waals surface area contributed by atoms with Crippen molar-refractivity contribution in [3.05, 3.63) is 224 Å². The van der Waals surface area contributed by atoms with Crippen molar-refractivity contribution in [2.75, 3.05) is 0 Å².